The molecule has 1 saturated heterocycles. The average molecular weight is 219 g/mol. The minimum atomic E-state index is 0.567. The molecule has 1 aliphatic rings. The van der Waals surface area contributed by atoms with Gasteiger partial charge in [-0.05, 0) is 38.1 Å². The molecule has 0 spiro atoms. The van der Waals surface area contributed by atoms with Crippen molar-refractivity contribution in [1.82, 2.24) is 9.88 Å². The van der Waals surface area contributed by atoms with Crippen LogP contribution in [0.25, 0.3) is 0 Å². The molecule has 3 heteroatoms. The number of hydrogen-bond acceptors (Lipinski definition) is 3. The molecule has 1 fully saturated rings. The first-order valence-corrected chi connectivity index (χ1v) is 6.02. The van der Waals surface area contributed by atoms with Gasteiger partial charge < -0.3 is 4.90 Å². The van der Waals surface area contributed by atoms with Crippen LogP contribution in [0.15, 0.2) is 18.3 Å². The second kappa shape index (κ2) is 4.83. The average Bonchev–Trinajstić information content (AvgIpc) is 2.30. The lowest BCUT2D eigenvalue weighted by atomic mass is 9.97. The van der Waals surface area contributed by atoms with Crippen LogP contribution < -0.4 is 4.90 Å². The molecular formula is C13H21N3. The maximum Gasteiger partial charge on any atom is 0.127 e. The molecule has 0 amide bonds. The first-order valence-electron chi connectivity index (χ1n) is 6.02. The van der Waals surface area contributed by atoms with Crippen LogP contribution in [0, 0.1) is 0 Å². The van der Waals surface area contributed by atoms with E-state index in [1.54, 1.807) is 0 Å². The van der Waals surface area contributed by atoms with Crippen LogP contribution in [0.1, 0.15) is 30.9 Å². The van der Waals surface area contributed by atoms with Crippen molar-refractivity contribution in [2.45, 2.75) is 25.3 Å². The molecule has 1 atom stereocenters. The van der Waals surface area contributed by atoms with Crippen LogP contribution in [0.2, 0.25) is 0 Å². The van der Waals surface area contributed by atoms with Crippen molar-refractivity contribution < 1.29 is 0 Å². The summed E-state index contributed by atoms with van der Waals surface area (Å²) in [7, 11) is 6.26. The number of aromatic nitrogens is 1. The Bertz CT molecular complexity index is 332. The summed E-state index contributed by atoms with van der Waals surface area (Å²) in [6, 6.07) is 4.89. The number of likely N-dealkylation sites (tertiary alicyclic amines) is 1. The summed E-state index contributed by atoms with van der Waals surface area (Å²) in [5, 5.41) is 0. The fourth-order valence-electron chi connectivity index (χ4n) is 2.36. The van der Waals surface area contributed by atoms with E-state index in [-0.39, 0.29) is 0 Å². The van der Waals surface area contributed by atoms with Crippen molar-refractivity contribution in [3.63, 3.8) is 0 Å². The Morgan fingerprint density at radius 2 is 2.12 bits per heavy atom. The van der Waals surface area contributed by atoms with Crippen LogP contribution in [0.4, 0.5) is 5.82 Å². The molecule has 3 nitrogen and oxygen atoms in total. The Hall–Kier alpha value is -1.09. The third kappa shape index (κ3) is 2.35. The predicted octanol–water partition coefficient (Wildman–Crippen LogP) is 2.30. The molecule has 2 rings (SSSR count). The van der Waals surface area contributed by atoms with E-state index in [9.17, 15) is 0 Å². The normalized spacial score (nSPS) is 22.1. The van der Waals surface area contributed by atoms with Gasteiger partial charge in [-0.15, -0.1) is 0 Å². The Kier molecular flexibility index (Phi) is 3.44. The second-order valence-electron chi connectivity index (χ2n) is 4.84. The maximum absolute atomic E-state index is 4.49. The lowest BCUT2D eigenvalue weighted by molar-refractivity contribution is 0.187. The van der Waals surface area contributed by atoms with Crippen molar-refractivity contribution >= 4 is 5.82 Å². The highest BCUT2D eigenvalue weighted by Crippen LogP contribution is 2.29. The molecular weight excluding hydrogens is 198 g/mol. The van der Waals surface area contributed by atoms with Crippen LogP contribution >= 0.6 is 0 Å². The molecule has 0 unspecified atom stereocenters. The third-order valence-corrected chi connectivity index (χ3v) is 3.38. The van der Waals surface area contributed by atoms with E-state index < -0.39 is 0 Å². The largest absolute Gasteiger partial charge is 0.363 e. The summed E-state index contributed by atoms with van der Waals surface area (Å²) in [6.45, 7) is 1.21. The molecule has 1 aromatic heterocycles. The zero-order valence-corrected chi connectivity index (χ0v) is 10.5. The van der Waals surface area contributed by atoms with Crippen LogP contribution in [0.5, 0.6) is 0 Å². The summed E-state index contributed by atoms with van der Waals surface area (Å²) >= 11 is 0. The van der Waals surface area contributed by atoms with Crippen molar-refractivity contribution in [2.75, 3.05) is 32.6 Å². The third-order valence-electron chi connectivity index (χ3n) is 3.38. The molecule has 88 valence electrons. The van der Waals surface area contributed by atoms with E-state index >= 15 is 0 Å². The van der Waals surface area contributed by atoms with Gasteiger partial charge in [0, 0.05) is 26.3 Å². The first kappa shape index (κ1) is 11.4. The molecule has 2 heterocycles. The monoisotopic (exact) mass is 219 g/mol. The smallest absolute Gasteiger partial charge is 0.127 e. The molecule has 0 aliphatic carbocycles. The second-order valence-corrected chi connectivity index (χ2v) is 4.84. The van der Waals surface area contributed by atoms with E-state index in [0.717, 1.165) is 5.82 Å². The van der Waals surface area contributed by atoms with Crippen LogP contribution in [-0.2, 0) is 0 Å². The van der Waals surface area contributed by atoms with Crippen LogP contribution in [0.3, 0.4) is 0 Å². The van der Waals surface area contributed by atoms with Gasteiger partial charge in [0.05, 0.1) is 0 Å². The molecule has 16 heavy (non-hydrogen) atoms. The van der Waals surface area contributed by atoms with E-state index in [0.29, 0.717) is 6.04 Å². The predicted molar refractivity (Wildman–Crippen MR) is 67.8 cm³/mol. The lowest BCUT2D eigenvalue weighted by Gasteiger charge is -2.32. The highest BCUT2D eigenvalue weighted by Gasteiger charge is 2.20. The number of piperidine rings is 1. The minimum absolute atomic E-state index is 0.567. The summed E-state index contributed by atoms with van der Waals surface area (Å²) < 4.78 is 0. The number of hydrogen-bond donors (Lipinski definition) is 0. The fourth-order valence-corrected chi connectivity index (χ4v) is 2.36. The van der Waals surface area contributed by atoms with Crippen LogP contribution in [-0.4, -0.2) is 37.6 Å². The summed E-state index contributed by atoms with van der Waals surface area (Å²) in [5.41, 5.74) is 1.35. The van der Waals surface area contributed by atoms with Crippen molar-refractivity contribution in [1.29, 1.82) is 0 Å². The summed E-state index contributed by atoms with van der Waals surface area (Å²) in [5.74, 6) is 1.03. The summed E-state index contributed by atoms with van der Waals surface area (Å²) in [4.78, 5) is 8.96. The number of nitrogens with zero attached hydrogens (tertiary/aromatic N) is 3. The Morgan fingerprint density at radius 1 is 1.31 bits per heavy atom. The molecule has 1 aliphatic heterocycles. The number of pyridine rings is 1. The Balaban J connectivity index is 2.14. The SMILES string of the molecule is CN(C)c1ccc([C@@H]2CCCCN2C)cn1. The molecule has 0 N–H and O–H groups in total. The lowest BCUT2D eigenvalue weighted by Crippen LogP contribution is -2.29. The van der Waals surface area contributed by atoms with Crippen molar-refractivity contribution in [2.24, 2.45) is 0 Å². The van der Waals surface area contributed by atoms with E-state index in [4.69, 9.17) is 0 Å². The van der Waals surface area contributed by atoms with Gasteiger partial charge in [0.25, 0.3) is 0 Å². The standard InChI is InChI=1S/C13H21N3/c1-15(2)13-8-7-11(10-14-13)12-6-4-5-9-16(12)3/h7-8,10,12H,4-6,9H2,1-3H3/t12-/m0/s1. The topological polar surface area (TPSA) is 19.4 Å². The van der Waals surface area contributed by atoms with Gasteiger partial charge in [-0.25, -0.2) is 4.98 Å². The highest BCUT2D eigenvalue weighted by atomic mass is 15.1. The van der Waals surface area contributed by atoms with Gasteiger partial charge in [0.15, 0.2) is 0 Å². The zero-order chi connectivity index (χ0) is 11.5. The van der Waals surface area contributed by atoms with Crippen molar-refractivity contribution in [3.8, 4) is 0 Å². The maximum atomic E-state index is 4.49. The first-order chi connectivity index (χ1) is 7.68. The quantitative estimate of drug-likeness (QED) is 0.761. The highest BCUT2D eigenvalue weighted by molar-refractivity contribution is 5.37. The van der Waals surface area contributed by atoms with Gasteiger partial charge in [-0.2, -0.15) is 0 Å². The Labute approximate surface area is 98.1 Å². The number of anilines is 1. The zero-order valence-electron chi connectivity index (χ0n) is 10.5. The Morgan fingerprint density at radius 3 is 2.69 bits per heavy atom. The minimum Gasteiger partial charge on any atom is -0.363 e. The van der Waals surface area contributed by atoms with Gasteiger partial charge in [0.1, 0.15) is 5.82 Å². The molecule has 0 aromatic carbocycles. The number of rotatable bonds is 2. The van der Waals surface area contributed by atoms with Crippen molar-refractivity contribution in [3.05, 3.63) is 23.9 Å². The molecule has 0 bridgehead atoms. The van der Waals surface area contributed by atoms with Gasteiger partial charge in [0.2, 0.25) is 0 Å². The van der Waals surface area contributed by atoms with E-state index in [2.05, 4.69) is 29.1 Å². The molecule has 0 radical (unpaired) electrons. The van der Waals surface area contributed by atoms with Gasteiger partial charge in [-0.3, -0.25) is 4.90 Å². The van der Waals surface area contributed by atoms with E-state index in [1.807, 2.05) is 25.2 Å². The molecule has 0 saturated carbocycles. The fraction of sp³-hybridized carbons (Fsp3) is 0.615. The van der Waals surface area contributed by atoms with Gasteiger partial charge in [-0.1, -0.05) is 12.5 Å². The summed E-state index contributed by atoms with van der Waals surface area (Å²) in [6.07, 6.45) is 5.96. The molecule has 1 aromatic rings. The van der Waals surface area contributed by atoms with E-state index in [1.165, 1.54) is 31.4 Å². The van der Waals surface area contributed by atoms with Gasteiger partial charge >= 0.3 is 0 Å².